The Morgan fingerprint density at radius 3 is 2.77 bits per heavy atom. The fourth-order valence-corrected chi connectivity index (χ4v) is 4.08. The topological polar surface area (TPSA) is 89.6 Å². The van der Waals surface area contributed by atoms with Crippen molar-refractivity contribution in [1.29, 1.82) is 0 Å². The lowest BCUT2D eigenvalue weighted by atomic mass is 10.2. The maximum Gasteiger partial charge on any atom is 0.282 e. The second kappa shape index (κ2) is 8.45. The van der Waals surface area contributed by atoms with E-state index in [1.165, 1.54) is 4.90 Å². The SMILES string of the molecule is COc1ccc(NC(=O)C(C)[NH+]2CCN(c3ncnc4c3cnn4C)CC2)cc1Cl. The monoisotopic (exact) mass is 430 g/mol. The predicted octanol–water partition coefficient (Wildman–Crippen LogP) is 0.757. The number of amides is 1. The molecule has 2 aromatic heterocycles. The number of ether oxygens (including phenoxy) is 1. The number of carbonyl (C=O) groups is 1. The third-order valence-electron chi connectivity index (χ3n) is 5.64. The van der Waals surface area contributed by atoms with Gasteiger partial charge in [0.2, 0.25) is 0 Å². The van der Waals surface area contributed by atoms with Crippen molar-refractivity contribution in [1.82, 2.24) is 19.7 Å². The first kappa shape index (κ1) is 20.4. The summed E-state index contributed by atoms with van der Waals surface area (Å²) in [6, 6.07) is 5.05. The molecule has 1 fully saturated rings. The molecule has 10 heteroatoms. The van der Waals surface area contributed by atoms with Crippen LogP contribution >= 0.6 is 11.6 Å². The van der Waals surface area contributed by atoms with Gasteiger partial charge < -0.3 is 19.9 Å². The molecule has 3 heterocycles. The summed E-state index contributed by atoms with van der Waals surface area (Å²) in [6.45, 7) is 5.24. The van der Waals surface area contributed by atoms with Crippen LogP contribution in [0.2, 0.25) is 5.02 Å². The number of aryl methyl sites for hydroxylation is 1. The lowest BCUT2D eigenvalue weighted by Crippen LogP contribution is -3.19. The number of halogens is 1. The Balaban J connectivity index is 1.38. The molecular weight excluding hydrogens is 406 g/mol. The maximum atomic E-state index is 12.8. The number of quaternary nitrogens is 1. The number of carbonyl (C=O) groups excluding carboxylic acids is 1. The van der Waals surface area contributed by atoms with E-state index >= 15 is 0 Å². The van der Waals surface area contributed by atoms with Crippen LogP contribution in [0.15, 0.2) is 30.7 Å². The van der Waals surface area contributed by atoms with Crippen molar-refractivity contribution < 1.29 is 14.4 Å². The van der Waals surface area contributed by atoms with Gasteiger partial charge in [0.05, 0.1) is 49.9 Å². The third-order valence-corrected chi connectivity index (χ3v) is 5.93. The minimum absolute atomic E-state index is 0.0311. The molecule has 1 aliphatic heterocycles. The summed E-state index contributed by atoms with van der Waals surface area (Å²) in [5, 5.41) is 8.66. The average molecular weight is 431 g/mol. The number of nitrogens with zero attached hydrogens (tertiary/aromatic N) is 5. The van der Waals surface area contributed by atoms with E-state index in [-0.39, 0.29) is 11.9 Å². The maximum absolute atomic E-state index is 12.8. The van der Waals surface area contributed by atoms with Gasteiger partial charge in [-0.15, -0.1) is 0 Å². The first-order valence-electron chi connectivity index (χ1n) is 9.84. The summed E-state index contributed by atoms with van der Waals surface area (Å²) in [6.07, 6.45) is 3.38. The van der Waals surface area contributed by atoms with Crippen molar-refractivity contribution in [3.05, 3.63) is 35.7 Å². The molecule has 1 aromatic carbocycles. The molecule has 1 atom stereocenters. The van der Waals surface area contributed by atoms with Crippen molar-refractivity contribution in [3.8, 4) is 5.75 Å². The van der Waals surface area contributed by atoms with E-state index in [0.717, 1.165) is 43.0 Å². The molecule has 1 aliphatic rings. The van der Waals surface area contributed by atoms with Crippen molar-refractivity contribution in [3.63, 3.8) is 0 Å². The molecule has 1 saturated heterocycles. The predicted molar refractivity (Wildman–Crippen MR) is 115 cm³/mol. The number of anilines is 2. The zero-order chi connectivity index (χ0) is 21.3. The average Bonchev–Trinajstić information content (AvgIpc) is 3.14. The summed E-state index contributed by atoms with van der Waals surface area (Å²) in [5.41, 5.74) is 1.48. The Kier molecular flexibility index (Phi) is 5.74. The molecule has 0 spiro atoms. The van der Waals surface area contributed by atoms with Gasteiger partial charge in [-0.3, -0.25) is 9.48 Å². The van der Waals surface area contributed by atoms with Crippen LogP contribution in [-0.2, 0) is 11.8 Å². The van der Waals surface area contributed by atoms with Gasteiger partial charge in [-0.2, -0.15) is 5.10 Å². The van der Waals surface area contributed by atoms with E-state index in [1.807, 2.05) is 14.0 Å². The van der Waals surface area contributed by atoms with E-state index in [0.29, 0.717) is 16.5 Å². The van der Waals surface area contributed by atoms with Crippen LogP contribution < -0.4 is 19.9 Å². The molecule has 30 heavy (non-hydrogen) atoms. The Labute approximate surface area is 179 Å². The Morgan fingerprint density at radius 1 is 1.30 bits per heavy atom. The normalized spacial score (nSPS) is 15.9. The number of rotatable bonds is 5. The van der Waals surface area contributed by atoms with Crippen molar-refractivity contribution in [2.24, 2.45) is 7.05 Å². The van der Waals surface area contributed by atoms with Gasteiger partial charge in [0.1, 0.15) is 17.9 Å². The van der Waals surface area contributed by atoms with Gasteiger partial charge in [-0.05, 0) is 25.1 Å². The Hall–Kier alpha value is -2.91. The van der Waals surface area contributed by atoms with Crippen LogP contribution in [0.1, 0.15) is 6.92 Å². The second-order valence-corrected chi connectivity index (χ2v) is 7.82. The van der Waals surface area contributed by atoms with E-state index in [9.17, 15) is 4.79 Å². The zero-order valence-electron chi connectivity index (χ0n) is 17.2. The number of methoxy groups -OCH3 is 1. The fourth-order valence-electron chi connectivity index (χ4n) is 3.82. The highest BCUT2D eigenvalue weighted by Crippen LogP contribution is 2.27. The van der Waals surface area contributed by atoms with Crippen LogP contribution in [0.4, 0.5) is 11.5 Å². The standard InChI is InChI=1S/C20H24ClN7O2/c1-13(20(29)25-14-4-5-17(30-3)16(21)10-14)27-6-8-28(9-7-27)19-15-11-24-26(2)18(15)22-12-23-19/h4-5,10-13H,6-9H2,1-3H3,(H,25,29)/p+1. The molecule has 9 nitrogen and oxygen atoms in total. The molecule has 158 valence electrons. The molecule has 0 radical (unpaired) electrons. The molecule has 1 amide bonds. The molecule has 2 N–H and O–H groups in total. The van der Waals surface area contributed by atoms with E-state index in [2.05, 4.69) is 25.3 Å². The van der Waals surface area contributed by atoms with Gasteiger partial charge in [-0.25, -0.2) is 9.97 Å². The minimum Gasteiger partial charge on any atom is -0.495 e. The van der Waals surface area contributed by atoms with Crippen molar-refractivity contribution >= 4 is 40.0 Å². The zero-order valence-corrected chi connectivity index (χ0v) is 18.0. The van der Waals surface area contributed by atoms with Crippen LogP contribution in [0.3, 0.4) is 0 Å². The largest absolute Gasteiger partial charge is 0.495 e. The number of piperazine rings is 1. The summed E-state index contributed by atoms with van der Waals surface area (Å²) in [5.74, 6) is 1.45. The summed E-state index contributed by atoms with van der Waals surface area (Å²) < 4.78 is 6.90. The van der Waals surface area contributed by atoms with Crippen molar-refractivity contribution in [2.45, 2.75) is 13.0 Å². The molecule has 4 rings (SSSR count). The fraction of sp³-hybridized carbons (Fsp3) is 0.400. The van der Waals surface area contributed by atoms with E-state index in [1.54, 1.807) is 42.5 Å². The lowest BCUT2D eigenvalue weighted by Gasteiger charge is -2.35. The van der Waals surface area contributed by atoms with Gasteiger partial charge in [-0.1, -0.05) is 11.6 Å². The first-order valence-corrected chi connectivity index (χ1v) is 10.2. The lowest BCUT2D eigenvalue weighted by molar-refractivity contribution is -0.914. The number of fused-ring (bicyclic) bond motifs is 1. The van der Waals surface area contributed by atoms with Gasteiger partial charge in [0.25, 0.3) is 5.91 Å². The number of benzene rings is 1. The molecular formula is C20H25ClN7O2+. The van der Waals surface area contributed by atoms with Gasteiger partial charge >= 0.3 is 0 Å². The van der Waals surface area contributed by atoms with Crippen LogP contribution in [0.25, 0.3) is 11.0 Å². The summed E-state index contributed by atoms with van der Waals surface area (Å²) in [7, 11) is 3.43. The first-order chi connectivity index (χ1) is 14.5. The molecule has 1 unspecified atom stereocenters. The number of nitrogens with one attached hydrogen (secondary N) is 2. The van der Waals surface area contributed by atoms with Crippen LogP contribution in [-0.4, -0.2) is 65.0 Å². The molecule has 0 aliphatic carbocycles. The third kappa shape index (κ3) is 3.90. The second-order valence-electron chi connectivity index (χ2n) is 7.41. The van der Waals surface area contributed by atoms with Crippen LogP contribution in [0, 0.1) is 0 Å². The number of hydrogen-bond acceptors (Lipinski definition) is 6. The van der Waals surface area contributed by atoms with E-state index in [4.69, 9.17) is 16.3 Å². The highest BCUT2D eigenvalue weighted by molar-refractivity contribution is 6.32. The summed E-state index contributed by atoms with van der Waals surface area (Å²) in [4.78, 5) is 25.0. The minimum atomic E-state index is -0.183. The van der Waals surface area contributed by atoms with Crippen LogP contribution in [0.5, 0.6) is 5.75 Å². The number of aromatic nitrogens is 4. The van der Waals surface area contributed by atoms with Crippen molar-refractivity contribution in [2.75, 3.05) is 43.5 Å². The smallest absolute Gasteiger partial charge is 0.282 e. The van der Waals surface area contributed by atoms with Gasteiger partial charge in [0, 0.05) is 12.7 Å². The Morgan fingerprint density at radius 2 is 2.07 bits per heavy atom. The van der Waals surface area contributed by atoms with E-state index < -0.39 is 0 Å². The molecule has 0 saturated carbocycles. The highest BCUT2D eigenvalue weighted by Gasteiger charge is 2.30. The molecule has 3 aromatic rings. The Bertz CT molecular complexity index is 1060. The highest BCUT2D eigenvalue weighted by atomic mass is 35.5. The molecule has 0 bridgehead atoms. The quantitative estimate of drug-likeness (QED) is 0.621. The summed E-state index contributed by atoms with van der Waals surface area (Å²) >= 11 is 6.16. The van der Waals surface area contributed by atoms with Gasteiger partial charge in [0.15, 0.2) is 11.7 Å². The number of hydrogen-bond donors (Lipinski definition) is 2.